The summed E-state index contributed by atoms with van der Waals surface area (Å²) in [6.07, 6.45) is 3.24. The molecule has 0 bridgehead atoms. The molecule has 2 heterocycles. The lowest BCUT2D eigenvalue weighted by Crippen LogP contribution is -2.15. The van der Waals surface area contributed by atoms with Crippen molar-refractivity contribution in [1.82, 2.24) is 4.57 Å². The van der Waals surface area contributed by atoms with E-state index in [9.17, 15) is 23.2 Å². The number of carbonyl (C=O) groups is 1. The fraction of sp³-hybridized carbons (Fsp3) is 0.0588. The first kappa shape index (κ1) is 16.4. The zero-order chi connectivity index (χ0) is 18.1. The molecule has 3 rings (SSSR count). The first-order valence-corrected chi connectivity index (χ1v) is 7.05. The van der Waals surface area contributed by atoms with Crippen LogP contribution in [0.3, 0.4) is 0 Å². The minimum Gasteiger partial charge on any atom is -0.443 e. The Bertz CT molecular complexity index is 1000. The van der Waals surface area contributed by atoms with Gasteiger partial charge in [-0.25, -0.2) is 13.2 Å². The van der Waals surface area contributed by atoms with Crippen LogP contribution in [-0.4, -0.2) is 10.5 Å². The van der Waals surface area contributed by atoms with Gasteiger partial charge in [0.2, 0.25) is 5.88 Å². The number of furan rings is 1. The summed E-state index contributed by atoms with van der Waals surface area (Å²) in [5, 5.41) is 11.5. The van der Waals surface area contributed by atoms with Crippen molar-refractivity contribution in [3.05, 3.63) is 71.0 Å². The molecular weight excluding hydrogens is 335 g/mol. The number of nitriles is 1. The maximum absolute atomic E-state index is 13.7. The second kappa shape index (κ2) is 6.20. The normalized spacial score (nSPS) is 10.5. The number of carbonyl (C=O) groups excluding carboxylic acids is 1. The molecule has 1 N–H and O–H groups in total. The Hall–Kier alpha value is -3.47. The Balaban J connectivity index is 2.02. The van der Waals surface area contributed by atoms with Gasteiger partial charge in [-0.1, -0.05) is 0 Å². The number of benzene rings is 1. The number of hydrogen-bond donors (Lipinski definition) is 1. The number of nitrogens with one attached hydrogen (secondary N) is 1. The van der Waals surface area contributed by atoms with Gasteiger partial charge in [0.05, 0.1) is 5.69 Å². The summed E-state index contributed by atoms with van der Waals surface area (Å²) in [4.78, 5) is 12.4. The second-order valence-electron chi connectivity index (χ2n) is 5.09. The summed E-state index contributed by atoms with van der Waals surface area (Å²) in [5.74, 6) is -5.22. The minimum absolute atomic E-state index is 0.0609. The molecule has 0 atom stereocenters. The second-order valence-corrected chi connectivity index (χ2v) is 5.09. The van der Waals surface area contributed by atoms with E-state index in [4.69, 9.17) is 4.42 Å². The van der Waals surface area contributed by atoms with E-state index in [1.807, 2.05) is 6.07 Å². The molecule has 0 fully saturated rings. The number of aryl methyl sites for hydroxylation is 1. The maximum Gasteiger partial charge on any atom is 0.260 e. The predicted octanol–water partition coefficient (Wildman–Crippen LogP) is 3.92. The third-order valence-corrected chi connectivity index (χ3v) is 3.53. The summed E-state index contributed by atoms with van der Waals surface area (Å²) >= 11 is 0. The molecule has 5 nitrogen and oxygen atoms in total. The zero-order valence-corrected chi connectivity index (χ0v) is 12.8. The van der Waals surface area contributed by atoms with Gasteiger partial charge in [0, 0.05) is 12.4 Å². The van der Waals surface area contributed by atoms with Crippen molar-refractivity contribution in [3.63, 3.8) is 0 Å². The molecule has 8 heteroatoms. The Morgan fingerprint density at radius 1 is 1.20 bits per heavy atom. The smallest absolute Gasteiger partial charge is 0.260 e. The Labute approximate surface area is 139 Å². The molecule has 126 valence electrons. The van der Waals surface area contributed by atoms with Crippen LogP contribution in [0.4, 0.5) is 18.9 Å². The van der Waals surface area contributed by atoms with Gasteiger partial charge in [0.25, 0.3) is 5.91 Å². The van der Waals surface area contributed by atoms with Crippen LogP contribution in [-0.2, 0) is 0 Å². The van der Waals surface area contributed by atoms with Crippen LogP contribution < -0.4 is 5.32 Å². The van der Waals surface area contributed by atoms with Gasteiger partial charge in [-0.2, -0.15) is 5.26 Å². The zero-order valence-electron chi connectivity index (χ0n) is 12.8. The van der Waals surface area contributed by atoms with Crippen LogP contribution in [0.5, 0.6) is 0 Å². The SMILES string of the molecule is Cc1oc(-n2cccc2)c(C#N)c1C(=O)Nc1ccc(F)c(F)c1F. The number of nitrogens with zero attached hydrogens (tertiary/aromatic N) is 2. The van der Waals surface area contributed by atoms with Crippen LogP contribution in [0.25, 0.3) is 5.88 Å². The molecular formula is C17H10F3N3O2. The largest absolute Gasteiger partial charge is 0.443 e. The van der Waals surface area contributed by atoms with E-state index in [1.165, 1.54) is 11.5 Å². The lowest BCUT2D eigenvalue weighted by Gasteiger charge is -2.07. The number of amides is 1. The van der Waals surface area contributed by atoms with E-state index < -0.39 is 29.0 Å². The van der Waals surface area contributed by atoms with E-state index in [2.05, 4.69) is 5.32 Å². The summed E-state index contributed by atoms with van der Waals surface area (Å²) in [5.41, 5.74) is -0.722. The summed E-state index contributed by atoms with van der Waals surface area (Å²) in [6.45, 7) is 1.46. The Kier molecular flexibility index (Phi) is 4.07. The van der Waals surface area contributed by atoms with Crippen molar-refractivity contribution in [1.29, 1.82) is 5.26 Å². The van der Waals surface area contributed by atoms with E-state index in [-0.39, 0.29) is 22.8 Å². The quantitative estimate of drug-likeness (QED) is 0.732. The fourth-order valence-corrected chi connectivity index (χ4v) is 2.37. The Morgan fingerprint density at radius 2 is 1.88 bits per heavy atom. The minimum atomic E-state index is -1.70. The molecule has 0 aliphatic rings. The first-order chi connectivity index (χ1) is 11.9. The molecule has 0 unspecified atom stereocenters. The number of aromatic nitrogens is 1. The molecule has 0 saturated heterocycles. The van der Waals surface area contributed by atoms with Crippen LogP contribution in [0, 0.1) is 35.7 Å². The molecule has 1 amide bonds. The standard InChI is InChI=1S/C17H10F3N3O2/c1-9-13(10(8-21)17(25-9)23-6-2-3-7-23)16(24)22-12-5-4-11(18)14(19)15(12)20/h2-7H,1H3,(H,22,24). The summed E-state index contributed by atoms with van der Waals surface area (Å²) in [6, 6.07) is 6.86. The number of halogens is 3. The highest BCUT2D eigenvalue weighted by molar-refractivity contribution is 6.07. The van der Waals surface area contributed by atoms with E-state index in [0.29, 0.717) is 6.07 Å². The van der Waals surface area contributed by atoms with E-state index in [1.54, 1.807) is 24.5 Å². The number of anilines is 1. The summed E-state index contributed by atoms with van der Waals surface area (Å²) < 4.78 is 47.0. The van der Waals surface area contributed by atoms with Gasteiger partial charge in [0.1, 0.15) is 23.0 Å². The molecule has 0 aliphatic heterocycles. The monoisotopic (exact) mass is 345 g/mol. The van der Waals surface area contributed by atoms with Gasteiger partial charge < -0.3 is 9.73 Å². The Morgan fingerprint density at radius 3 is 2.52 bits per heavy atom. The van der Waals surface area contributed by atoms with Crippen LogP contribution in [0.1, 0.15) is 21.7 Å². The lowest BCUT2D eigenvalue weighted by molar-refractivity contribution is 0.102. The summed E-state index contributed by atoms with van der Waals surface area (Å²) in [7, 11) is 0. The third-order valence-electron chi connectivity index (χ3n) is 3.53. The third kappa shape index (κ3) is 2.76. The first-order valence-electron chi connectivity index (χ1n) is 7.05. The van der Waals surface area contributed by atoms with E-state index in [0.717, 1.165) is 6.07 Å². The van der Waals surface area contributed by atoms with Crippen LogP contribution >= 0.6 is 0 Å². The molecule has 0 aliphatic carbocycles. The number of rotatable bonds is 3. The van der Waals surface area contributed by atoms with Crippen molar-refractivity contribution >= 4 is 11.6 Å². The van der Waals surface area contributed by atoms with Crippen molar-refractivity contribution in [2.45, 2.75) is 6.92 Å². The molecule has 2 aromatic heterocycles. The molecule has 3 aromatic rings. The molecule has 1 aromatic carbocycles. The molecule has 0 spiro atoms. The fourth-order valence-electron chi connectivity index (χ4n) is 2.37. The molecule has 0 saturated carbocycles. The van der Waals surface area contributed by atoms with Gasteiger partial charge in [-0.15, -0.1) is 0 Å². The average molecular weight is 345 g/mol. The highest BCUT2D eigenvalue weighted by Crippen LogP contribution is 2.27. The molecule has 25 heavy (non-hydrogen) atoms. The van der Waals surface area contributed by atoms with Crippen molar-refractivity contribution < 1.29 is 22.4 Å². The van der Waals surface area contributed by atoms with Gasteiger partial charge >= 0.3 is 0 Å². The maximum atomic E-state index is 13.7. The predicted molar refractivity (Wildman–Crippen MR) is 81.8 cm³/mol. The number of hydrogen-bond acceptors (Lipinski definition) is 3. The van der Waals surface area contributed by atoms with Crippen LogP contribution in [0.15, 0.2) is 41.1 Å². The van der Waals surface area contributed by atoms with Gasteiger partial charge in [-0.05, 0) is 31.2 Å². The average Bonchev–Trinajstić information content (AvgIpc) is 3.22. The van der Waals surface area contributed by atoms with Crippen LogP contribution in [0.2, 0.25) is 0 Å². The topological polar surface area (TPSA) is 71.0 Å². The van der Waals surface area contributed by atoms with Crippen molar-refractivity contribution in [2.24, 2.45) is 0 Å². The highest BCUT2D eigenvalue weighted by atomic mass is 19.2. The van der Waals surface area contributed by atoms with Crippen molar-refractivity contribution in [3.8, 4) is 12.0 Å². The van der Waals surface area contributed by atoms with Crippen molar-refractivity contribution in [2.75, 3.05) is 5.32 Å². The highest BCUT2D eigenvalue weighted by Gasteiger charge is 2.25. The van der Waals surface area contributed by atoms with Gasteiger partial charge in [-0.3, -0.25) is 9.36 Å². The molecule has 0 radical (unpaired) electrons. The lowest BCUT2D eigenvalue weighted by atomic mass is 10.1. The van der Waals surface area contributed by atoms with Gasteiger partial charge in [0.15, 0.2) is 17.5 Å². The van der Waals surface area contributed by atoms with E-state index >= 15 is 0 Å².